The summed E-state index contributed by atoms with van der Waals surface area (Å²) in [6, 6.07) is 5.84. The molecular formula is C12H17ClN2O3S. The first-order chi connectivity index (χ1) is 8.69. The lowest BCUT2D eigenvalue weighted by molar-refractivity contribution is -0.118. The molecule has 0 heterocycles. The van der Waals surface area contributed by atoms with Gasteiger partial charge in [-0.25, -0.2) is 13.1 Å². The third kappa shape index (κ3) is 5.59. The van der Waals surface area contributed by atoms with Crippen molar-refractivity contribution in [1.82, 2.24) is 4.72 Å². The molecule has 0 aliphatic heterocycles. The monoisotopic (exact) mass is 304 g/mol. The van der Waals surface area contributed by atoms with Crippen molar-refractivity contribution in [3.8, 4) is 0 Å². The van der Waals surface area contributed by atoms with Crippen LogP contribution in [-0.4, -0.2) is 26.6 Å². The van der Waals surface area contributed by atoms with Crippen LogP contribution < -0.4 is 10.0 Å². The zero-order valence-corrected chi connectivity index (χ0v) is 12.5. The predicted molar refractivity (Wildman–Crippen MR) is 76.7 cm³/mol. The van der Waals surface area contributed by atoms with Crippen molar-refractivity contribution in [2.75, 3.05) is 11.6 Å². The molecule has 5 nitrogen and oxygen atoms in total. The molecule has 0 radical (unpaired) electrons. The second-order valence-corrected chi connectivity index (χ2v) is 6.83. The van der Waals surface area contributed by atoms with E-state index < -0.39 is 22.0 Å². The Bertz CT molecular complexity index is 558. The summed E-state index contributed by atoms with van der Waals surface area (Å²) in [5.41, 5.74) is 0.526. The number of carbonyl (C=O) groups is 1. The van der Waals surface area contributed by atoms with E-state index >= 15 is 0 Å². The Labute approximate surface area is 118 Å². The molecule has 106 valence electrons. The van der Waals surface area contributed by atoms with Gasteiger partial charge in [-0.3, -0.25) is 4.79 Å². The summed E-state index contributed by atoms with van der Waals surface area (Å²) in [6.07, 6.45) is 1.02. The molecule has 0 saturated carbocycles. The average molecular weight is 305 g/mol. The first-order valence-electron chi connectivity index (χ1n) is 5.73. The zero-order chi connectivity index (χ0) is 14.6. The minimum Gasteiger partial charge on any atom is -0.325 e. The van der Waals surface area contributed by atoms with Crippen LogP contribution in [0.15, 0.2) is 24.3 Å². The number of sulfonamides is 1. The number of hydrogen-bond acceptors (Lipinski definition) is 3. The van der Waals surface area contributed by atoms with Gasteiger partial charge in [0.1, 0.15) is 6.04 Å². The third-order valence-electron chi connectivity index (χ3n) is 2.38. The lowest BCUT2D eigenvalue weighted by atomic mass is 10.0. The van der Waals surface area contributed by atoms with Crippen LogP contribution in [0.25, 0.3) is 0 Å². The topological polar surface area (TPSA) is 75.3 Å². The number of amides is 1. The standard InChI is InChI=1S/C12H17ClN2O3S/c1-8(2)11(15-19(3,17)18)12(16)14-10-6-4-5-9(13)7-10/h4-8,11,15H,1-3H3,(H,14,16)/t11-/m1/s1. The number of hydrogen-bond donors (Lipinski definition) is 2. The summed E-state index contributed by atoms with van der Waals surface area (Å²) in [4.78, 5) is 12.1. The number of anilines is 1. The Hall–Kier alpha value is -1.11. The summed E-state index contributed by atoms with van der Waals surface area (Å²) < 4.78 is 24.8. The molecule has 0 unspecified atom stereocenters. The minimum absolute atomic E-state index is 0.172. The number of benzene rings is 1. The summed E-state index contributed by atoms with van der Waals surface area (Å²) >= 11 is 5.81. The van der Waals surface area contributed by atoms with Gasteiger partial charge in [0, 0.05) is 10.7 Å². The quantitative estimate of drug-likeness (QED) is 0.872. The normalized spacial score (nSPS) is 13.3. The fraction of sp³-hybridized carbons (Fsp3) is 0.417. The van der Waals surface area contributed by atoms with E-state index in [0.717, 1.165) is 6.26 Å². The van der Waals surface area contributed by atoms with Crippen molar-refractivity contribution in [2.45, 2.75) is 19.9 Å². The Morgan fingerprint density at radius 3 is 2.42 bits per heavy atom. The highest BCUT2D eigenvalue weighted by atomic mass is 35.5. The average Bonchev–Trinajstić information content (AvgIpc) is 2.24. The molecule has 7 heteroatoms. The summed E-state index contributed by atoms with van der Waals surface area (Å²) in [7, 11) is -3.45. The molecule has 0 fully saturated rings. The van der Waals surface area contributed by atoms with Gasteiger partial charge in [-0.15, -0.1) is 0 Å². The maximum Gasteiger partial charge on any atom is 0.242 e. The maximum absolute atomic E-state index is 12.1. The molecule has 19 heavy (non-hydrogen) atoms. The molecule has 0 aliphatic rings. The van der Waals surface area contributed by atoms with E-state index in [1.165, 1.54) is 0 Å². The van der Waals surface area contributed by atoms with Gasteiger partial charge < -0.3 is 5.32 Å². The highest BCUT2D eigenvalue weighted by Crippen LogP contribution is 2.16. The molecule has 1 amide bonds. The van der Waals surface area contributed by atoms with E-state index in [2.05, 4.69) is 10.0 Å². The van der Waals surface area contributed by atoms with Crippen molar-refractivity contribution in [2.24, 2.45) is 5.92 Å². The maximum atomic E-state index is 12.1. The third-order valence-corrected chi connectivity index (χ3v) is 3.30. The number of halogens is 1. The summed E-state index contributed by atoms with van der Waals surface area (Å²) in [5.74, 6) is -0.586. The fourth-order valence-electron chi connectivity index (χ4n) is 1.51. The number of rotatable bonds is 5. The highest BCUT2D eigenvalue weighted by Gasteiger charge is 2.25. The first kappa shape index (κ1) is 15.9. The zero-order valence-electron chi connectivity index (χ0n) is 11.0. The summed E-state index contributed by atoms with van der Waals surface area (Å²) in [6.45, 7) is 3.53. The van der Waals surface area contributed by atoms with Gasteiger partial charge in [-0.05, 0) is 24.1 Å². The van der Waals surface area contributed by atoms with E-state index in [-0.39, 0.29) is 5.92 Å². The molecule has 2 N–H and O–H groups in total. The highest BCUT2D eigenvalue weighted by molar-refractivity contribution is 7.88. The van der Waals surface area contributed by atoms with Gasteiger partial charge in [-0.1, -0.05) is 31.5 Å². The molecule has 1 atom stereocenters. The van der Waals surface area contributed by atoms with E-state index in [1.54, 1.807) is 38.1 Å². The molecule has 1 aromatic carbocycles. The largest absolute Gasteiger partial charge is 0.325 e. The van der Waals surface area contributed by atoms with Crippen LogP contribution in [0.4, 0.5) is 5.69 Å². The Morgan fingerprint density at radius 1 is 1.32 bits per heavy atom. The van der Waals surface area contributed by atoms with Crippen LogP contribution in [0.3, 0.4) is 0 Å². The summed E-state index contributed by atoms with van der Waals surface area (Å²) in [5, 5.41) is 3.13. The van der Waals surface area contributed by atoms with E-state index in [4.69, 9.17) is 11.6 Å². The molecule has 1 rings (SSSR count). The Kier molecular flexibility index (Phi) is 5.34. The van der Waals surface area contributed by atoms with Crippen molar-refractivity contribution >= 4 is 33.2 Å². The van der Waals surface area contributed by atoms with Crippen LogP contribution in [-0.2, 0) is 14.8 Å². The van der Waals surface area contributed by atoms with Crippen molar-refractivity contribution < 1.29 is 13.2 Å². The van der Waals surface area contributed by atoms with Crippen LogP contribution in [0.5, 0.6) is 0 Å². The molecule has 0 bridgehead atoms. The Balaban J connectivity index is 2.84. The van der Waals surface area contributed by atoms with Crippen molar-refractivity contribution in [3.05, 3.63) is 29.3 Å². The minimum atomic E-state index is -3.45. The van der Waals surface area contributed by atoms with Crippen LogP contribution in [0.1, 0.15) is 13.8 Å². The lowest BCUT2D eigenvalue weighted by Gasteiger charge is -2.20. The second kappa shape index (κ2) is 6.36. The van der Waals surface area contributed by atoms with Gasteiger partial charge >= 0.3 is 0 Å². The SMILES string of the molecule is CC(C)[C@@H](NS(C)(=O)=O)C(=O)Nc1cccc(Cl)c1. The van der Waals surface area contributed by atoms with Gasteiger partial charge in [0.25, 0.3) is 0 Å². The van der Waals surface area contributed by atoms with E-state index in [9.17, 15) is 13.2 Å². The van der Waals surface area contributed by atoms with Crippen molar-refractivity contribution in [3.63, 3.8) is 0 Å². The molecular weight excluding hydrogens is 288 g/mol. The Morgan fingerprint density at radius 2 is 1.95 bits per heavy atom. The van der Waals surface area contributed by atoms with Crippen LogP contribution in [0.2, 0.25) is 5.02 Å². The van der Waals surface area contributed by atoms with Crippen molar-refractivity contribution in [1.29, 1.82) is 0 Å². The predicted octanol–water partition coefficient (Wildman–Crippen LogP) is 1.85. The molecule has 0 aliphatic carbocycles. The van der Waals surface area contributed by atoms with Gasteiger partial charge in [0.15, 0.2) is 0 Å². The first-order valence-corrected chi connectivity index (χ1v) is 7.99. The molecule has 0 aromatic heterocycles. The van der Waals surface area contributed by atoms with Gasteiger partial charge in [0.05, 0.1) is 6.26 Å². The number of nitrogens with one attached hydrogen (secondary N) is 2. The van der Waals surface area contributed by atoms with E-state index in [1.807, 2.05) is 0 Å². The van der Waals surface area contributed by atoms with Crippen LogP contribution >= 0.6 is 11.6 Å². The smallest absolute Gasteiger partial charge is 0.242 e. The fourth-order valence-corrected chi connectivity index (χ4v) is 2.54. The molecule has 0 saturated heterocycles. The molecule has 0 spiro atoms. The number of carbonyl (C=O) groups excluding carboxylic acids is 1. The van der Waals surface area contributed by atoms with Gasteiger partial charge in [0.2, 0.25) is 15.9 Å². The van der Waals surface area contributed by atoms with Crippen LogP contribution in [0, 0.1) is 5.92 Å². The van der Waals surface area contributed by atoms with Gasteiger partial charge in [-0.2, -0.15) is 0 Å². The second-order valence-electron chi connectivity index (χ2n) is 4.61. The lowest BCUT2D eigenvalue weighted by Crippen LogP contribution is -2.46. The molecule has 1 aromatic rings. The van der Waals surface area contributed by atoms with E-state index in [0.29, 0.717) is 10.7 Å².